The van der Waals surface area contributed by atoms with Crippen LogP contribution < -0.4 is 10.6 Å². The highest BCUT2D eigenvalue weighted by Crippen LogP contribution is 2.12. The Morgan fingerprint density at radius 1 is 1.30 bits per heavy atom. The molecular weight excluding hydrogens is 477 g/mol. The molecule has 0 spiro atoms. The molecule has 2 N–H and O–H groups in total. The van der Waals surface area contributed by atoms with Crippen LogP contribution in [0.25, 0.3) is 0 Å². The van der Waals surface area contributed by atoms with Gasteiger partial charge in [-0.25, -0.2) is 0 Å². The maximum Gasteiger partial charge on any atom is 0.191 e. The van der Waals surface area contributed by atoms with Crippen molar-refractivity contribution in [3.8, 4) is 0 Å². The summed E-state index contributed by atoms with van der Waals surface area (Å²) in [4.78, 5) is 4.19. The van der Waals surface area contributed by atoms with E-state index < -0.39 is 10.8 Å². The van der Waals surface area contributed by atoms with E-state index >= 15 is 0 Å². The molecule has 1 aromatic carbocycles. The fraction of sp³-hybridized carbons (Fsp3) is 0.632. The highest BCUT2D eigenvalue weighted by Gasteiger charge is 2.15. The van der Waals surface area contributed by atoms with E-state index in [1.807, 2.05) is 30.3 Å². The zero-order valence-corrected chi connectivity index (χ0v) is 19.2. The third-order valence-corrected chi connectivity index (χ3v) is 5.47. The molecule has 0 saturated carbocycles. The molecule has 0 aromatic heterocycles. The Balaban J connectivity index is 0.00000364. The van der Waals surface area contributed by atoms with Crippen molar-refractivity contribution in [3.63, 3.8) is 0 Å². The van der Waals surface area contributed by atoms with Crippen molar-refractivity contribution in [2.75, 3.05) is 52.3 Å². The Morgan fingerprint density at radius 2 is 2.07 bits per heavy atom. The lowest BCUT2D eigenvalue weighted by Gasteiger charge is -2.12. The summed E-state index contributed by atoms with van der Waals surface area (Å²) in [6.45, 7) is 4.67. The fourth-order valence-electron chi connectivity index (χ4n) is 2.68. The maximum atomic E-state index is 12.1. The SMILES string of the molecule is CN=C(NCCCOCC1CCOC1)NCCS(=O)Cc1ccccc1.I. The number of rotatable bonds is 11. The zero-order chi connectivity index (χ0) is 18.5. The lowest BCUT2D eigenvalue weighted by molar-refractivity contribution is 0.0888. The van der Waals surface area contributed by atoms with Crippen LogP contribution in [-0.4, -0.2) is 62.5 Å². The molecule has 6 nitrogen and oxygen atoms in total. The zero-order valence-electron chi connectivity index (χ0n) is 16.0. The highest BCUT2D eigenvalue weighted by molar-refractivity contribution is 14.0. The maximum absolute atomic E-state index is 12.1. The van der Waals surface area contributed by atoms with Gasteiger partial charge < -0.3 is 20.1 Å². The lowest BCUT2D eigenvalue weighted by atomic mass is 10.1. The van der Waals surface area contributed by atoms with Gasteiger partial charge in [-0.05, 0) is 18.4 Å². The Kier molecular flexibility index (Phi) is 13.7. The summed E-state index contributed by atoms with van der Waals surface area (Å²) in [5.41, 5.74) is 1.11. The molecule has 0 aliphatic carbocycles. The van der Waals surface area contributed by atoms with Crippen LogP contribution in [0.15, 0.2) is 35.3 Å². The fourth-order valence-corrected chi connectivity index (χ4v) is 3.72. The van der Waals surface area contributed by atoms with Crippen LogP contribution >= 0.6 is 24.0 Å². The molecule has 1 heterocycles. The first kappa shape index (κ1) is 24.3. The molecule has 27 heavy (non-hydrogen) atoms. The molecule has 2 unspecified atom stereocenters. The molecule has 8 heteroatoms. The van der Waals surface area contributed by atoms with Crippen molar-refractivity contribution < 1.29 is 13.7 Å². The van der Waals surface area contributed by atoms with E-state index in [2.05, 4.69) is 15.6 Å². The first-order valence-corrected chi connectivity index (χ1v) is 10.8. The van der Waals surface area contributed by atoms with Gasteiger partial charge in [0.1, 0.15) is 0 Å². The second-order valence-electron chi connectivity index (χ2n) is 6.36. The first-order valence-electron chi connectivity index (χ1n) is 9.27. The van der Waals surface area contributed by atoms with Crippen molar-refractivity contribution >= 4 is 40.7 Å². The summed E-state index contributed by atoms with van der Waals surface area (Å²) < 4.78 is 23.1. The van der Waals surface area contributed by atoms with Crippen molar-refractivity contribution in [3.05, 3.63) is 35.9 Å². The smallest absolute Gasteiger partial charge is 0.191 e. The summed E-state index contributed by atoms with van der Waals surface area (Å²) in [6, 6.07) is 9.93. The molecule has 0 bridgehead atoms. The quantitative estimate of drug-likeness (QED) is 0.207. The topological polar surface area (TPSA) is 72.0 Å². The van der Waals surface area contributed by atoms with Crippen LogP contribution in [0.2, 0.25) is 0 Å². The minimum absolute atomic E-state index is 0. The molecule has 1 aliphatic rings. The number of hydrogen-bond acceptors (Lipinski definition) is 4. The van der Waals surface area contributed by atoms with Gasteiger partial charge in [-0.2, -0.15) is 0 Å². The van der Waals surface area contributed by atoms with E-state index in [0.29, 0.717) is 24.0 Å². The summed E-state index contributed by atoms with van der Waals surface area (Å²) in [7, 11) is 0.867. The third kappa shape index (κ3) is 11.0. The van der Waals surface area contributed by atoms with Gasteiger partial charge in [0, 0.05) is 61.6 Å². The number of nitrogens with one attached hydrogen (secondary N) is 2. The van der Waals surface area contributed by atoms with Gasteiger partial charge in [0.25, 0.3) is 0 Å². The summed E-state index contributed by atoms with van der Waals surface area (Å²) >= 11 is 0. The van der Waals surface area contributed by atoms with Gasteiger partial charge in [0.2, 0.25) is 0 Å². The van der Waals surface area contributed by atoms with Crippen molar-refractivity contribution in [2.24, 2.45) is 10.9 Å². The van der Waals surface area contributed by atoms with E-state index in [-0.39, 0.29) is 24.0 Å². The number of ether oxygens (including phenoxy) is 2. The van der Waals surface area contributed by atoms with E-state index in [9.17, 15) is 4.21 Å². The number of nitrogens with zero attached hydrogens (tertiary/aromatic N) is 1. The number of halogens is 1. The van der Waals surface area contributed by atoms with E-state index in [4.69, 9.17) is 9.47 Å². The van der Waals surface area contributed by atoms with E-state index in [0.717, 1.165) is 57.3 Å². The van der Waals surface area contributed by atoms with Crippen LogP contribution in [0.4, 0.5) is 0 Å². The van der Waals surface area contributed by atoms with Crippen molar-refractivity contribution in [1.82, 2.24) is 10.6 Å². The molecule has 2 atom stereocenters. The predicted octanol–water partition coefficient (Wildman–Crippen LogP) is 2.16. The molecular formula is C19H32IN3O3S. The molecule has 1 fully saturated rings. The first-order chi connectivity index (χ1) is 12.8. The highest BCUT2D eigenvalue weighted by atomic mass is 127. The van der Waals surface area contributed by atoms with Crippen LogP contribution in [0, 0.1) is 5.92 Å². The monoisotopic (exact) mass is 509 g/mol. The van der Waals surface area contributed by atoms with E-state index in [1.54, 1.807) is 7.05 Å². The Bertz CT molecular complexity index is 554. The Hall–Kier alpha value is -0.710. The summed E-state index contributed by atoms with van der Waals surface area (Å²) in [6.07, 6.45) is 2.04. The molecule has 0 amide bonds. The Morgan fingerprint density at radius 3 is 2.78 bits per heavy atom. The minimum Gasteiger partial charge on any atom is -0.381 e. The molecule has 1 saturated heterocycles. The van der Waals surface area contributed by atoms with Gasteiger partial charge in [-0.15, -0.1) is 24.0 Å². The van der Waals surface area contributed by atoms with Gasteiger partial charge in [0.15, 0.2) is 5.96 Å². The Labute approximate surface area is 182 Å². The molecule has 1 aliphatic heterocycles. The average Bonchev–Trinajstić information content (AvgIpc) is 3.17. The summed E-state index contributed by atoms with van der Waals surface area (Å²) in [5.74, 6) is 2.50. The number of aliphatic imine (C=N–C) groups is 1. The second kappa shape index (κ2) is 15.2. The standard InChI is InChI=1S/C19H31N3O3S.HI/c1-20-19(21-9-5-11-24-14-18-8-12-25-15-18)22-10-13-26(23)16-17-6-3-2-4-7-17;/h2-4,6-7,18H,5,8-16H2,1H3,(H2,20,21,22);1H. The third-order valence-electron chi connectivity index (χ3n) is 4.15. The normalized spacial score (nSPS) is 18.0. The second-order valence-corrected chi connectivity index (χ2v) is 7.93. The van der Waals surface area contributed by atoms with Gasteiger partial charge in [-0.1, -0.05) is 30.3 Å². The van der Waals surface area contributed by atoms with Gasteiger partial charge >= 0.3 is 0 Å². The van der Waals surface area contributed by atoms with Crippen molar-refractivity contribution in [1.29, 1.82) is 0 Å². The molecule has 2 rings (SSSR count). The van der Waals surface area contributed by atoms with Crippen LogP contribution in [0.3, 0.4) is 0 Å². The molecule has 1 aromatic rings. The largest absolute Gasteiger partial charge is 0.381 e. The number of guanidine groups is 1. The van der Waals surface area contributed by atoms with Gasteiger partial charge in [-0.3, -0.25) is 9.20 Å². The lowest BCUT2D eigenvalue weighted by Crippen LogP contribution is -2.39. The van der Waals surface area contributed by atoms with Crippen molar-refractivity contribution in [2.45, 2.75) is 18.6 Å². The molecule has 154 valence electrons. The average molecular weight is 509 g/mol. The summed E-state index contributed by atoms with van der Waals surface area (Å²) in [5, 5.41) is 6.47. The van der Waals surface area contributed by atoms with Gasteiger partial charge in [0.05, 0.1) is 13.2 Å². The molecule has 0 radical (unpaired) electrons. The number of benzene rings is 1. The van der Waals surface area contributed by atoms with Crippen LogP contribution in [0.5, 0.6) is 0 Å². The minimum atomic E-state index is -0.876. The van der Waals surface area contributed by atoms with E-state index in [1.165, 1.54) is 0 Å². The number of hydrogen-bond donors (Lipinski definition) is 2. The van der Waals surface area contributed by atoms with Crippen LogP contribution in [-0.2, 0) is 26.0 Å². The van der Waals surface area contributed by atoms with Crippen LogP contribution in [0.1, 0.15) is 18.4 Å². The predicted molar refractivity (Wildman–Crippen MR) is 122 cm³/mol.